The summed E-state index contributed by atoms with van der Waals surface area (Å²) in [6.07, 6.45) is 3.63. The van der Waals surface area contributed by atoms with Crippen LogP contribution >= 0.6 is 0 Å². The first-order chi connectivity index (χ1) is 27.0. The first kappa shape index (κ1) is 31.4. The summed E-state index contributed by atoms with van der Waals surface area (Å²) in [5.74, 6) is 0.818. The zero-order valence-electron chi connectivity index (χ0n) is 30.4. The van der Waals surface area contributed by atoms with Crippen LogP contribution in [0.15, 0.2) is 175 Å². The van der Waals surface area contributed by atoms with Gasteiger partial charge in [0.15, 0.2) is 0 Å². The fraction of sp³-hybridized carbons (Fsp3) is 0.0600. The molecule has 0 bridgehead atoms. The molecule has 0 N–H and O–H groups in total. The highest BCUT2D eigenvalue weighted by Crippen LogP contribution is 2.53. The molecule has 260 valence electrons. The summed E-state index contributed by atoms with van der Waals surface area (Å²) in [7, 11) is 0. The largest absolute Gasteiger partial charge is 0.455 e. The van der Waals surface area contributed by atoms with Crippen LogP contribution in [-0.4, -0.2) is 15.0 Å². The molecule has 6 aromatic carbocycles. The lowest BCUT2D eigenvalue weighted by molar-refractivity contribution is 0.632. The maximum atomic E-state index is 6.71. The van der Waals surface area contributed by atoms with Crippen molar-refractivity contribution in [3.05, 3.63) is 181 Å². The highest BCUT2D eigenvalue weighted by atomic mass is 16.3. The molecule has 5 heteroatoms. The van der Waals surface area contributed by atoms with Gasteiger partial charge in [-0.05, 0) is 94.0 Å². The Morgan fingerprint density at radius 3 is 1.80 bits per heavy atom. The van der Waals surface area contributed by atoms with Gasteiger partial charge in [0.2, 0.25) is 0 Å². The number of para-hydroxylation sites is 1. The molecule has 0 fully saturated rings. The van der Waals surface area contributed by atoms with Crippen molar-refractivity contribution in [1.29, 1.82) is 0 Å². The number of furan rings is 1. The third-order valence-electron chi connectivity index (χ3n) is 11.3. The Balaban J connectivity index is 1.20. The molecule has 1 aliphatic heterocycles. The average molecular weight is 707 g/mol. The van der Waals surface area contributed by atoms with Crippen molar-refractivity contribution in [1.82, 2.24) is 15.0 Å². The molecular formula is C50H34N4O. The normalized spacial score (nSPS) is 13.4. The maximum Gasteiger partial charge on any atom is 0.145 e. The Kier molecular flexibility index (Phi) is 6.83. The van der Waals surface area contributed by atoms with Gasteiger partial charge < -0.3 is 4.42 Å². The van der Waals surface area contributed by atoms with E-state index in [9.17, 15) is 0 Å². The van der Waals surface area contributed by atoms with Gasteiger partial charge in [-0.25, -0.2) is 9.97 Å². The van der Waals surface area contributed by atoms with Crippen molar-refractivity contribution in [3.63, 3.8) is 0 Å². The second-order valence-corrected chi connectivity index (χ2v) is 14.9. The molecule has 4 aromatic heterocycles. The minimum Gasteiger partial charge on any atom is -0.455 e. The Morgan fingerprint density at radius 2 is 1.13 bits per heavy atom. The zero-order valence-corrected chi connectivity index (χ0v) is 30.4. The lowest BCUT2D eigenvalue weighted by Gasteiger charge is -2.42. The Labute approximate surface area is 318 Å². The van der Waals surface area contributed by atoms with E-state index in [1.807, 2.05) is 36.7 Å². The van der Waals surface area contributed by atoms with E-state index in [4.69, 9.17) is 14.4 Å². The predicted molar refractivity (Wildman–Crippen MR) is 225 cm³/mol. The van der Waals surface area contributed by atoms with Gasteiger partial charge in [-0.2, -0.15) is 0 Å². The first-order valence-electron chi connectivity index (χ1n) is 18.7. The summed E-state index contributed by atoms with van der Waals surface area (Å²) in [5.41, 5.74) is 14.3. The zero-order chi connectivity index (χ0) is 36.7. The number of pyridine rings is 3. The van der Waals surface area contributed by atoms with Gasteiger partial charge in [0.1, 0.15) is 22.5 Å². The molecule has 0 amide bonds. The minimum absolute atomic E-state index is 0.304. The molecule has 0 spiro atoms. The lowest BCUT2D eigenvalue weighted by Crippen LogP contribution is -2.31. The monoisotopic (exact) mass is 706 g/mol. The topological polar surface area (TPSA) is 55.1 Å². The second kappa shape index (κ2) is 12.0. The smallest absolute Gasteiger partial charge is 0.145 e. The van der Waals surface area contributed by atoms with Gasteiger partial charge in [0, 0.05) is 39.5 Å². The summed E-state index contributed by atoms with van der Waals surface area (Å²) >= 11 is 0. The molecule has 11 rings (SSSR count). The third kappa shape index (κ3) is 4.83. The molecule has 5 nitrogen and oxygen atoms in total. The lowest BCUT2D eigenvalue weighted by atomic mass is 9.72. The van der Waals surface area contributed by atoms with Crippen LogP contribution in [0.4, 0.5) is 17.2 Å². The molecule has 1 aliphatic rings. The van der Waals surface area contributed by atoms with Crippen LogP contribution in [0.1, 0.15) is 25.0 Å². The van der Waals surface area contributed by atoms with Gasteiger partial charge >= 0.3 is 0 Å². The highest BCUT2D eigenvalue weighted by molar-refractivity contribution is 6.24. The molecular weight excluding hydrogens is 673 g/mol. The Hall–Kier alpha value is -7.11. The molecule has 0 radical (unpaired) electrons. The van der Waals surface area contributed by atoms with Crippen LogP contribution < -0.4 is 4.90 Å². The van der Waals surface area contributed by atoms with Gasteiger partial charge in [-0.1, -0.05) is 111 Å². The van der Waals surface area contributed by atoms with Crippen molar-refractivity contribution in [2.45, 2.75) is 19.3 Å². The van der Waals surface area contributed by atoms with Crippen LogP contribution in [0, 0.1) is 0 Å². The fourth-order valence-electron chi connectivity index (χ4n) is 8.58. The number of aromatic nitrogens is 3. The van der Waals surface area contributed by atoms with Gasteiger partial charge in [-0.15, -0.1) is 0 Å². The van der Waals surface area contributed by atoms with Crippen molar-refractivity contribution < 1.29 is 4.42 Å². The highest BCUT2D eigenvalue weighted by Gasteiger charge is 2.38. The van der Waals surface area contributed by atoms with E-state index in [-0.39, 0.29) is 5.41 Å². The molecule has 0 saturated carbocycles. The fourth-order valence-corrected chi connectivity index (χ4v) is 8.58. The van der Waals surface area contributed by atoms with Crippen LogP contribution in [0.2, 0.25) is 0 Å². The quantitative estimate of drug-likeness (QED) is 0.171. The van der Waals surface area contributed by atoms with E-state index >= 15 is 0 Å². The number of benzene rings is 6. The summed E-state index contributed by atoms with van der Waals surface area (Å²) in [6.45, 7) is 4.69. The van der Waals surface area contributed by atoms with Gasteiger partial charge in [-0.3, -0.25) is 9.88 Å². The number of anilines is 3. The van der Waals surface area contributed by atoms with Crippen LogP contribution in [0.25, 0.3) is 77.3 Å². The van der Waals surface area contributed by atoms with Crippen molar-refractivity contribution in [2.24, 2.45) is 0 Å². The number of rotatable bonds is 4. The number of fused-ring (bicyclic) bond motifs is 9. The minimum atomic E-state index is -0.304. The molecule has 0 atom stereocenters. The van der Waals surface area contributed by atoms with Crippen LogP contribution in [0.5, 0.6) is 0 Å². The summed E-state index contributed by atoms with van der Waals surface area (Å²) < 4.78 is 6.71. The number of hydrogen-bond acceptors (Lipinski definition) is 5. The van der Waals surface area contributed by atoms with E-state index in [0.29, 0.717) is 0 Å². The third-order valence-corrected chi connectivity index (χ3v) is 11.3. The van der Waals surface area contributed by atoms with Crippen molar-refractivity contribution in [3.8, 4) is 33.5 Å². The van der Waals surface area contributed by atoms with Gasteiger partial charge in [0.25, 0.3) is 0 Å². The predicted octanol–water partition coefficient (Wildman–Crippen LogP) is 13.2. The van der Waals surface area contributed by atoms with E-state index < -0.39 is 0 Å². The SMILES string of the molecule is CC1(C)c2cc(-c3ccccc3)ccc2N(c2ccc3nc(-c4ccncc4)c4ccc5c6ccccc6oc5c4c3n2)c2ccc(-c3ccccc3)cc21. The Morgan fingerprint density at radius 1 is 0.509 bits per heavy atom. The molecule has 5 heterocycles. The standard InChI is InChI=1S/C50H34N4O/c1-50(2)39-29-34(31-11-5-3-6-12-31)17-22-42(39)54(43-23-18-35(30-40(43)50)32-13-7-4-8-14-32)45-24-21-41-48(53-45)46-38(47(52-41)33-25-27-51-28-26-33)20-19-37-36-15-9-10-16-44(36)55-49(37)46/h3-30H,1-2H3. The van der Waals surface area contributed by atoms with E-state index in [1.54, 1.807) is 0 Å². The van der Waals surface area contributed by atoms with Crippen LogP contribution in [-0.2, 0) is 5.41 Å². The van der Waals surface area contributed by atoms with Crippen LogP contribution in [0.3, 0.4) is 0 Å². The number of hydrogen-bond donors (Lipinski definition) is 0. The van der Waals surface area contributed by atoms with Crippen molar-refractivity contribution >= 4 is 60.9 Å². The summed E-state index contributed by atoms with van der Waals surface area (Å²) in [5, 5.41) is 4.07. The van der Waals surface area contributed by atoms with E-state index in [1.165, 1.54) is 33.4 Å². The summed E-state index contributed by atoms with van der Waals surface area (Å²) in [4.78, 5) is 17.5. The first-order valence-corrected chi connectivity index (χ1v) is 18.7. The van der Waals surface area contributed by atoms with Gasteiger partial charge in [0.05, 0.1) is 28.0 Å². The Bertz CT molecular complexity index is 3020. The second-order valence-electron chi connectivity index (χ2n) is 14.9. The molecule has 10 aromatic rings. The molecule has 0 saturated heterocycles. The van der Waals surface area contributed by atoms with Crippen molar-refractivity contribution in [2.75, 3.05) is 4.90 Å². The molecule has 0 unspecified atom stereocenters. The number of nitrogens with zero attached hydrogens (tertiary/aromatic N) is 4. The van der Waals surface area contributed by atoms with E-state index in [0.717, 1.165) is 72.2 Å². The average Bonchev–Trinajstić information content (AvgIpc) is 3.63. The molecule has 55 heavy (non-hydrogen) atoms. The maximum absolute atomic E-state index is 6.71. The molecule has 0 aliphatic carbocycles. The summed E-state index contributed by atoms with van der Waals surface area (Å²) in [6, 6.07) is 55.8. The van der Waals surface area contributed by atoms with E-state index in [2.05, 4.69) is 157 Å².